The minimum atomic E-state index is -0.771. The molecule has 6 heteroatoms. The lowest BCUT2D eigenvalue weighted by Crippen LogP contribution is -2.62. The molecule has 0 aromatic heterocycles. The molecule has 0 aliphatic carbocycles. The largest absolute Gasteiger partial charge is 0.393 e. The van der Waals surface area contributed by atoms with Crippen molar-refractivity contribution in [1.82, 2.24) is 10.6 Å². The Bertz CT molecular complexity index is 566. The fourth-order valence-corrected chi connectivity index (χ4v) is 2.46. The molecular formula is C15H18N2O4. The Kier molecular flexibility index (Phi) is 4.37. The zero-order valence-electron chi connectivity index (χ0n) is 11.9. The molecule has 6 nitrogen and oxygen atoms in total. The molecule has 1 aromatic carbocycles. The summed E-state index contributed by atoms with van der Waals surface area (Å²) in [4.78, 5) is 34.9. The first-order valence-corrected chi connectivity index (χ1v) is 6.78. The summed E-state index contributed by atoms with van der Waals surface area (Å²) in [7, 11) is 1.54. The molecule has 3 atom stereocenters. The SMILES string of the molecule is CNC(=O)c1ccc(C(=O)C[C@H]2NC(=O)[C@@H]2[C@@H](C)O)cc1. The molecule has 1 fully saturated rings. The Morgan fingerprint density at radius 2 is 1.86 bits per heavy atom. The van der Waals surface area contributed by atoms with Gasteiger partial charge in [0.1, 0.15) is 0 Å². The second-order valence-electron chi connectivity index (χ2n) is 5.17. The van der Waals surface area contributed by atoms with E-state index in [0.29, 0.717) is 11.1 Å². The molecule has 1 aliphatic heterocycles. The molecule has 2 amide bonds. The van der Waals surface area contributed by atoms with E-state index in [1.54, 1.807) is 31.2 Å². The number of β-lactam (4-membered cyclic amide) rings is 1. The van der Waals surface area contributed by atoms with Crippen molar-refractivity contribution in [2.75, 3.05) is 7.05 Å². The van der Waals surface area contributed by atoms with Crippen LogP contribution in [0, 0.1) is 5.92 Å². The first-order chi connectivity index (χ1) is 9.93. The molecule has 1 aromatic rings. The first-order valence-electron chi connectivity index (χ1n) is 6.78. The van der Waals surface area contributed by atoms with Crippen molar-refractivity contribution in [2.45, 2.75) is 25.5 Å². The molecule has 3 N–H and O–H groups in total. The smallest absolute Gasteiger partial charge is 0.251 e. The highest BCUT2D eigenvalue weighted by Crippen LogP contribution is 2.23. The van der Waals surface area contributed by atoms with E-state index >= 15 is 0 Å². The van der Waals surface area contributed by atoms with Crippen LogP contribution in [0.25, 0.3) is 0 Å². The van der Waals surface area contributed by atoms with Crippen LogP contribution < -0.4 is 10.6 Å². The van der Waals surface area contributed by atoms with Gasteiger partial charge >= 0.3 is 0 Å². The number of benzene rings is 1. The predicted octanol–water partition coefficient (Wildman–Crippen LogP) is 0.114. The van der Waals surface area contributed by atoms with Gasteiger partial charge in [0.15, 0.2) is 5.78 Å². The van der Waals surface area contributed by atoms with E-state index in [9.17, 15) is 19.5 Å². The summed E-state index contributed by atoms with van der Waals surface area (Å²) >= 11 is 0. The Hall–Kier alpha value is -2.21. The second kappa shape index (κ2) is 6.05. The van der Waals surface area contributed by atoms with Crippen LogP contribution in [0.5, 0.6) is 0 Å². The van der Waals surface area contributed by atoms with Crippen LogP contribution in [0.1, 0.15) is 34.1 Å². The predicted molar refractivity (Wildman–Crippen MR) is 75.9 cm³/mol. The number of aliphatic hydroxyl groups is 1. The number of nitrogens with one attached hydrogen (secondary N) is 2. The van der Waals surface area contributed by atoms with Crippen LogP contribution in [-0.2, 0) is 4.79 Å². The van der Waals surface area contributed by atoms with Crippen molar-refractivity contribution < 1.29 is 19.5 Å². The quantitative estimate of drug-likeness (QED) is 0.530. The zero-order chi connectivity index (χ0) is 15.6. The van der Waals surface area contributed by atoms with Crippen molar-refractivity contribution in [3.8, 4) is 0 Å². The van der Waals surface area contributed by atoms with E-state index in [0.717, 1.165) is 0 Å². The van der Waals surface area contributed by atoms with Crippen molar-refractivity contribution >= 4 is 17.6 Å². The Labute approximate surface area is 122 Å². The van der Waals surface area contributed by atoms with E-state index in [1.807, 2.05) is 0 Å². The van der Waals surface area contributed by atoms with E-state index in [4.69, 9.17) is 0 Å². The molecule has 0 radical (unpaired) electrons. The molecule has 0 spiro atoms. The Morgan fingerprint density at radius 1 is 1.29 bits per heavy atom. The highest BCUT2D eigenvalue weighted by atomic mass is 16.3. The maximum atomic E-state index is 12.1. The van der Waals surface area contributed by atoms with Gasteiger partial charge in [0.25, 0.3) is 5.91 Å². The summed E-state index contributed by atoms with van der Waals surface area (Å²) < 4.78 is 0. The fraction of sp³-hybridized carbons (Fsp3) is 0.400. The van der Waals surface area contributed by atoms with E-state index < -0.39 is 12.0 Å². The van der Waals surface area contributed by atoms with Gasteiger partial charge in [-0.05, 0) is 19.1 Å². The van der Waals surface area contributed by atoms with Crippen LogP contribution in [0.2, 0.25) is 0 Å². The fourth-order valence-electron chi connectivity index (χ4n) is 2.46. The number of amides is 2. The maximum absolute atomic E-state index is 12.1. The van der Waals surface area contributed by atoms with Crippen molar-refractivity contribution in [2.24, 2.45) is 5.92 Å². The number of carbonyl (C=O) groups excluding carboxylic acids is 3. The minimum Gasteiger partial charge on any atom is -0.393 e. The van der Waals surface area contributed by atoms with Crippen molar-refractivity contribution in [3.05, 3.63) is 35.4 Å². The third-order valence-electron chi connectivity index (χ3n) is 3.69. The maximum Gasteiger partial charge on any atom is 0.251 e. The van der Waals surface area contributed by atoms with Gasteiger partial charge in [0, 0.05) is 24.6 Å². The lowest BCUT2D eigenvalue weighted by atomic mass is 9.82. The lowest BCUT2D eigenvalue weighted by molar-refractivity contribution is -0.140. The van der Waals surface area contributed by atoms with Gasteiger partial charge < -0.3 is 15.7 Å². The van der Waals surface area contributed by atoms with E-state index in [2.05, 4.69) is 10.6 Å². The molecule has 1 aliphatic rings. The van der Waals surface area contributed by atoms with Gasteiger partial charge in [-0.3, -0.25) is 14.4 Å². The van der Waals surface area contributed by atoms with Gasteiger partial charge in [-0.2, -0.15) is 0 Å². The average Bonchev–Trinajstić information content (AvgIpc) is 2.45. The summed E-state index contributed by atoms with van der Waals surface area (Å²) in [5, 5.41) is 14.6. The molecule has 1 saturated heterocycles. The molecule has 0 bridgehead atoms. The molecule has 2 rings (SSSR count). The van der Waals surface area contributed by atoms with Gasteiger partial charge in [0.05, 0.1) is 18.1 Å². The molecular weight excluding hydrogens is 272 g/mol. The summed E-state index contributed by atoms with van der Waals surface area (Å²) in [6, 6.07) is 6.01. The summed E-state index contributed by atoms with van der Waals surface area (Å²) in [6.07, 6.45) is -0.632. The minimum absolute atomic E-state index is 0.130. The standard InChI is InChI=1S/C15H18N2O4/c1-8(18)13-11(17-15(13)21)7-12(19)9-3-5-10(6-4-9)14(20)16-2/h3-6,8,11,13,18H,7H2,1-2H3,(H,16,20)(H,17,21)/t8-,11-,13-/m1/s1. The Morgan fingerprint density at radius 3 is 2.33 bits per heavy atom. The van der Waals surface area contributed by atoms with E-state index in [1.165, 1.54) is 7.05 Å². The molecule has 1 heterocycles. The Balaban J connectivity index is 2.01. The van der Waals surface area contributed by atoms with Crippen LogP contribution >= 0.6 is 0 Å². The number of rotatable bonds is 5. The van der Waals surface area contributed by atoms with Crippen molar-refractivity contribution in [3.63, 3.8) is 0 Å². The summed E-state index contributed by atoms with van der Waals surface area (Å²) in [5.41, 5.74) is 0.959. The van der Waals surface area contributed by atoms with Crippen LogP contribution in [0.3, 0.4) is 0 Å². The number of carbonyl (C=O) groups is 3. The van der Waals surface area contributed by atoms with Gasteiger partial charge in [-0.15, -0.1) is 0 Å². The van der Waals surface area contributed by atoms with Crippen molar-refractivity contribution in [1.29, 1.82) is 0 Å². The molecule has 0 saturated carbocycles. The highest BCUT2D eigenvalue weighted by Gasteiger charge is 2.43. The van der Waals surface area contributed by atoms with Crippen LogP contribution in [0.4, 0.5) is 0 Å². The third-order valence-corrected chi connectivity index (χ3v) is 3.69. The first kappa shape index (κ1) is 15.2. The van der Waals surface area contributed by atoms with Gasteiger partial charge in [-0.25, -0.2) is 0 Å². The van der Waals surface area contributed by atoms with Crippen LogP contribution in [-0.4, -0.2) is 41.9 Å². The monoisotopic (exact) mass is 290 g/mol. The topological polar surface area (TPSA) is 95.5 Å². The lowest BCUT2D eigenvalue weighted by Gasteiger charge is -2.38. The number of aliphatic hydroxyl groups excluding tert-OH is 1. The average molecular weight is 290 g/mol. The molecule has 112 valence electrons. The highest BCUT2D eigenvalue weighted by molar-refractivity contribution is 6.00. The number of hydrogen-bond donors (Lipinski definition) is 3. The van der Waals surface area contributed by atoms with Gasteiger partial charge in [-0.1, -0.05) is 12.1 Å². The number of hydrogen-bond acceptors (Lipinski definition) is 4. The van der Waals surface area contributed by atoms with Crippen LogP contribution in [0.15, 0.2) is 24.3 Å². The number of Topliss-reactive ketones (excluding diaryl/α,β-unsaturated/α-hetero) is 1. The molecule has 21 heavy (non-hydrogen) atoms. The molecule has 0 unspecified atom stereocenters. The van der Waals surface area contributed by atoms with E-state index in [-0.39, 0.29) is 30.1 Å². The third kappa shape index (κ3) is 3.11. The second-order valence-corrected chi connectivity index (χ2v) is 5.17. The van der Waals surface area contributed by atoms with Gasteiger partial charge in [0.2, 0.25) is 5.91 Å². The normalized spacial score (nSPS) is 22.0. The summed E-state index contributed by atoms with van der Waals surface area (Å²) in [5.74, 6) is -1.10. The zero-order valence-corrected chi connectivity index (χ0v) is 11.9. The summed E-state index contributed by atoms with van der Waals surface area (Å²) in [6.45, 7) is 1.54. The number of ketones is 1.